The Hall–Kier alpha value is -0.780. The van der Waals surface area contributed by atoms with Crippen LogP contribution >= 0.6 is 15.9 Å². The van der Waals surface area contributed by atoms with Crippen LogP contribution in [0, 0.1) is 0 Å². The molecule has 0 radical (unpaired) electrons. The van der Waals surface area contributed by atoms with E-state index in [9.17, 15) is 0 Å². The van der Waals surface area contributed by atoms with E-state index in [2.05, 4.69) is 28.2 Å². The van der Waals surface area contributed by atoms with Crippen molar-refractivity contribution in [1.29, 1.82) is 0 Å². The smallest absolute Gasteiger partial charge is 0.161 e. The van der Waals surface area contributed by atoms with Crippen LogP contribution in [0.5, 0.6) is 11.5 Å². The summed E-state index contributed by atoms with van der Waals surface area (Å²) in [5, 5.41) is 3.43. The van der Waals surface area contributed by atoms with Crippen LogP contribution < -0.4 is 14.8 Å². The van der Waals surface area contributed by atoms with E-state index >= 15 is 0 Å². The highest BCUT2D eigenvalue weighted by Gasteiger charge is 2.09. The van der Waals surface area contributed by atoms with Gasteiger partial charge in [-0.1, -0.05) is 29.3 Å². The Labute approximate surface area is 142 Å². The molecule has 0 aliphatic rings. The predicted molar refractivity (Wildman–Crippen MR) is 93.9 cm³/mol. The van der Waals surface area contributed by atoms with Gasteiger partial charge in [0.15, 0.2) is 11.5 Å². The Kier molecular flexibility index (Phi) is 10.3. The molecule has 0 aliphatic heterocycles. The molecule has 22 heavy (non-hydrogen) atoms. The Balaban J connectivity index is 2.37. The molecule has 0 aromatic heterocycles. The normalized spacial score (nSPS) is 10.7. The van der Waals surface area contributed by atoms with Gasteiger partial charge in [0.2, 0.25) is 0 Å². The summed E-state index contributed by atoms with van der Waals surface area (Å²) in [7, 11) is 1.65. The number of hydrogen-bond donors (Lipinski definition) is 1. The van der Waals surface area contributed by atoms with Crippen LogP contribution in [-0.4, -0.2) is 33.5 Å². The number of hydrogen-bond acceptors (Lipinski definition) is 4. The molecular weight excluding hydrogens is 346 g/mol. The predicted octanol–water partition coefficient (Wildman–Crippen LogP) is 4.15. The maximum atomic E-state index is 5.61. The summed E-state index contributed by atoms with van der Waals surface area (Å²) < 4.78 is 17.5. The lowest BCUT2D eigenvalue weighted by atomic mass is 10.2. The molecule has 1 aromatic carbocycles. The second-order valence-corrected chi connectivity index (χ2v) is 5.88. The van der Waals surface area contributed by atoms with Gasteiger partial charge in [-0.05, 0) is 44.0 Å². The van der Waals surface area contributed by atoms with Crippen molar-refractivity contribution in [3.8, 4) is 11.5 Å². The number of ether oxygens (including phenoxy) is 3. The van der Waals surface area contributed by atoms with E-state index in [-0.39, 0.29) is 0 Å². The van der Waals surface area contributed by atoms with Crippen molar-refractivity contribution in [2.45, 2.75) is 39.7 Å². The summed E-state index contributed by atoms with van der Waals surface area (Å²) in [6, 6.07) is 3.98. The highest BCUT2D eigenvalue weighted by atomic mass is 79.9. The van der Waals surface area contributed by atoms with Gasteiger partial charge in [-0.15, -0.1) is 0 Å². The number of rotatable bonds is 12. The third-order valence-corrected chi connectivity index (χ3v) is 3.97. The Morgan fingerprint density at radius 3 is 2.55 bits per heavy atom. The maximum absolute atomic E-state index is 5.61. The summed E-state index contributed by atoms with van der Waals surface area (Å²) in [6.07, 6.45) is 3.36. The molecule has 0 atom stereocenters. The first-order valence-electron chi connectivity index (χ1n) is 8.00. The van der Waals surface area contributed by atoms with Crippen LogP contribution in [0.25, 0.3) is 0 Å². The van der Waals surface area contributed by atoms with Crippen molar-refractivity contribution < 1.29 is 14.2 Å². The van der Waals surface area contributed by atoms with Crippen LogP contribution in [0.3, 0.4) is 0 Å². The molecular formula is C17H28BrNO3. The number of benzene rings is 1. The van der Waals surface area contributed by atoms with Gasteiger partial charge in [-0.25, -0.2) is 0 Å². The van der Waals surface area contributed by atoms with Crippen LogP contribution in [0.2, 0.25) is 0 Å². The Morgan fingerprint density at radius 2 is 1.86 bits per heavy atom. The topological polar surface area (TPSA) is 39.7 Å². The quantitative estimate of drug-likeness (QED) is 0.558. The number of methoxy groups -OCH3 is 1. The highest BCUT2D eigenvalue weighted by molar-refractivity contribution is 9.10. The molecule has 1 aromatic rings. The Morgan fingerprint density at radius 1 is 1.09 bits per heavy atom. The van der Waals surface area contributed by atoms with Crippen molar-refractivity contribution >= 4 is 15.9 Å². The third-order valence-electron chi connectivity index (χ3n) is 3.23. The summed E-state index contributed by atoms with van der Waals surface area (Å²) in [4.78, 5) is 0. The molecule has 0 saturated carbocycles. The second-order valence-electron chi connectivity index (χ2n) is 5.02. The molecule has 0 unspecified atom stereocenters. The fraction of sp³-hybridized carbons (Fsp3) is 0.647. The number of unbranched alkanes of at least 4 members (excludes halogenated alkanes) is 1. The lowest BCUT2D eigenvalue weighted by Gasteiger charge is -2.13. The SMILES string of the molecule is CCCCOCCCNCc1cc(OCC)c(OC)cc1Br. The minimum Gasteiger partial charge on any atom is -0.493 e. The zero-order valence-electron chi connectivity index (χ0n) is 13.9. The fourth-order valence-electron chi connectivity index (χ4n) is 2.01. The second kappa shape index (κ2) is 11.7. The van der Waals surface area contributed by atoms with Gasteiger partial charge in [0.05, 0.1) is 13.7 Å². The van der Waals surface area contributed by atoms with Crippen molar-refractivity contribution in [3.05, 3.63) is 22.2 Å². The molecule has 4 nitrogen and oxygen atoms in total. The summed E-state index contributed by atoms with van der Waals surface area (Å²) in [5.74, 6) is 1.54. The van der Waals surface area contributed by atoms with Gasteiger partial charge in [-0.3, -0.25) is 0 Å². The molecule has 0 aliphatic carbocycles. The van der Waals surface area contributed by atoms with Gasteiger partial charge < -0.3 is 19.5 Å². The van der Waals surface area contributed by atoms with Crippen molar-refractivity contribution in [2.75, 3.05) is 33.5 Å². The number of nitrogens with one attached hydrogen (secondary N) is 1. The zero-order valence-corrected chi connectivity index (χ0v) is 15.5. The highest BCUT2D eigenvalue weighted by Crippen LogP contribution is 2.33. The molecule has 1 N–H and O–H groups in total. The molecule has 0 heterocycles. The minimum atomic E-state index is 0.625. The van der Waals surface area contributed by atoms with Crippen molar-refractivity contribution in [2.24, 2.45) is 0 Å². The van der Waals surface area contributed by atoms with Crippen molar-refractivity contribution in [1.82, 2.24) is 5.32 Å². The summed E-state index contributed by atoms with van der Waals surface area (Å²) >= 11 is 3.58. The molecule has 5 heteroatoms. The van der Waals surface area contributed by atoms with Gasteiger partial charge >= 0.3 is 0 Å². The minimum absolute atomic E-state index is 0.625. The molecule has 0 amide bonds. The Bertz CT molecular complexity index is 427. The van der Waals surface area contributed by atoms with E-state index in [1.807, 2.05) is 19.1 Å². The number of halogens is 1. The summed E-state index contributed by atoms with van der Waals surface area (Å²) in [5.41, 5.74) is 1.16. The van der Waals surface area contributed by atoms with Crippen LogP contribution in [0.1, 0.15) is 38.7 Å². The van der Waals surface area contributed by atoms with Crippen LogP contribution in [-0.2, 0) is 11.3 Å². The van der Waals surface area contributed by atoms with E-state index in [1.54, 1.807) is 7.11 Å². The van der Waals surface area contributed by atoms with E-state index in [1.165, 1.54) is 6.42 Å². The van der Waals surface area contributed by atoms with E-state index in [0.29, 0.717) is 6.61 Å². The molecule has 126 valence electrons. The standard InChI is InChI=1S/C17H28BrNO3/c1-4-6-9-21-10-7-8-19-13-14-11-17(22-5-2)16(20-3)12-15(14)18/h11-12,19H,4-10,13H2,1-3H3. The first-order chi connectivity index (χ1) is 10.7. The first-order valence-corrected chi connectivity index (χ1v) is 8.79. The average molecular weight is 374 g/mol. The van der Waals surface area contributed by atoms with E-state index in [0.717, 1.165) is 60.7 Å². The lowest BCUT2D eigenvalue weighted by Crippen LogP contribution is -2.17. The summed E-state index contributed by atoms with van der Waals surface area (Å²) in [6.45, 7) is 8.19. The molecule has 0 fully saturated rings. The molecule has 1 rings (SSSR count). The monoisotopic (exact) mass is 373 g/mol. The molecule has 0 saturated heterocycles. The van der Waals surface area contributed by atoms with Gasteiger partial charge in [0.1, 0.15) is 0 Å². The maximum Gasteiger partial charge on any atom is 0.161 e. The van der Waals surface area contributed by atoms with Gasteiger partial charge in [0, 0.05) is 24.2 Å². The zero-order chi connectivity index (χ0) is 16.2. The lowest BCUT2D eigenvalue weighted by molar-refractivity contribution is 0.128. The first kappa shape index (κ1) is 19.3. The third kappa shape index (κ3) is 6.99. The molecule has 0 bridgehead atoms. The van der Waals surface area contributed by atoms with Gasteiger partial charge in [-0.2, -0.15) is 0 Å². The van der Waals surface area contributed by atoms with Crippen molar-refractivity contribution in [3.63, 3.8) is 0 Å². The fourth-order valence-corrected chi connectivity index (χ4v) is 2.47. The van der Waals surface area contributed by atoms with E-state index in [4.69, 9.17) is 14.2 Å². The van der Waals surface area contributed by atoms with Gasteiger partial charge in [0.25, 0.3) is 0 Å². The van der Waals surface area contributed by atoms with Crippen LogP contribution in [0.4, 0.5) is 0 Å². The van der Waals surface area contributed by atoms with E-state index < -0.39 is 0 Å². The average Bonchev–Trinajstić information content (AvgIpc) is 2.52. The van der Waals surface area contributed by atoms with Crippen LogP contribution in [0.15, 0.2) is 16.6 Å². The molecule has 0 spiro atoms. The largest absolute Gasteiger partial charge is 0.493 e.